The zero-order chi connectivity index (χ0) is 13.2. The highest BCUT2D eigenvalue weighted by Gasteiger charge is 2.04. The van der Waals surface area contributed by atoms with Crippen molar-refractivity contribution in [2.45, 2.75) is 13.8 Å². The molecule has 0 nitrogen and oxygen atoms in total. The number of benzene rings is 2. The first kappa shape index (κ1) is 12.2. The Bertz CT molecular complexity index is 612. The summed E-state index contributed by atoms with van der Waals surface area (Å²) in [5.74, 6) is 0. The van der Waals surface area contributed by atoms with Crippen molar-refractivity contribution in [1.29, 1.82) is 0 Å². The number of thiophene rings is 1. The van der Waals surface area contributed by atoms with Crippen LogP contribution in [0.1, 0.15) is 11.1 Å². The van der Waals surface area contributed by atoms with Crippen molar-refractivity contribution in [1.82, 2.24) is 0 Å². The lowest BCUT2D eigenvalue weighted by Gasteiger charge is -1.99. The third-order valence-electron chi connectivity index (χ3n) is 3.32. The first-order chi connectivity index (χ1) is 9.22. The molecule has 19 heavy (non-hydrogen) atoms. The lowest BCUT2D eigenvalue weighted by molar-refractivity contribution is 1.47. The van der Waals surface area contributed by atoms with Crippen molar-refractivity contribution in [3.05, 3.63) is 71.1 Å². The van der Waals surface area contributed by atoms with E-state index in [-0.39, 0.29) is 0 Å². The van der Waals surface area contributed by atoms with Crippen molar-refractivity contribution < 1.29 is 0 Å². The van der Waals surface area contributed by atoms with Crippen LogP contribution in [-0.4, -0.2) is 0 Å². The number of aryl methyl sites for hydroxylation is 2. The molecular weight excluding hydrogens is 248 g/mol. The molecular formula is C18H16S. The van der Waals surface area contributed by atoms with Gasteiger partial charge in [0.25, 0.3) is 0 Å². The van der Waals surface area contributed by atoms with Crippen LogP contribution in [0, 0.1) is 13.8 Å². The van der Waals surface area contributed by atoms with Gasteiger partial charge in [0.05, 0.1) is 0 Å². The van der Waals surface area contributed by atoms with Crippen LogP contribution in [-0.2, 0) is 0 Å². The van der Waals surface area contributed by atoms with Crippen molar-refractivity contribution in [2.24, 2.45) is 0 Å². The molecule has 0 unspecified atom stereocenters. The maximum atomic E-state index is 2.28. The average molecular weight is 264 g/mol. The van der Waals surface area contributed by atoms with Gasteiger partial charge in [-0.1, -0.05) is 59.7 Å². The Morgan fingerprint density at radius 3 is 1.74 bits per heavy atom. The van der Waals surface area contributed by atoms with E-state index >= 15 is 0 Å². The van der Waals surface area contributed by atoms with Crippen LogP contribution in [0.5, 0.6) is 0 Å². The van der Waals surface area contributed by atoms with Crippen molar-refractivity contribution >= 4 is 11.3 Å². The fourth-order valence-corrected chi connectivity index (χ4v) is 3.03. The molecule has 0 fully saturated rings. The number of hydrogen-bond acceptors (Lipinski definition) is 1. The molecule has 1 heterocycles. The first-order valence-electron chi connectivity index (χ1n) is 6.45. The second-order valence-corrected chi connectivity index (χ2v) is 5.84. The Balaban J connectivity index is 1.95. The highest BCUT2D eigenvalue weighted by Crippen LogP contribution is 2.32. The van der Waals surface area contributed by atoms with Crippen LogP contribution in [0.25, 0.3) is 21.6 Å². The van der Waals surface area contributed by atoms with E-state index in [4.69, 9.17) is 0 Å². The van der Waals surface area contributed by atoms with Crippen molar-refractivity contribution in [2.75, 3.05) is 0 Å². The molecule has 2 aromatic carbocycles. The maximum absolute atomic E-state index is 2.28. The highest BCUT2D eigenvalue weighted by atomic mass is 32.1. The van der Waals surface area contributed by atoms with Gasteiger partial charge < -0.3 is 0 Å². The molecule has 94 valence electrons. The van der Waals surface area contributed by atoms with E-state index < -0.39 is 0 Å². The van der Waals surface area contributed by atoms with Gasteiger partial charge in [0.15, 0.2) is 0 Å². The Kier molecular flexibility index (Phi) is 3.22. The van der Waals surface area contributed by atoms with Gasteiger partial charge in [0, 0.05) is 4.88 Å². The quantitative estimate of drug-likeness (QED) is 0.557. The van der Waals surface area contributed by atoms with Gasteiger partial charge in [-0.05, 0) is 42.0 Å². The van der Waals surface area contributed by atoms with E-state index in [1.807, 2.05) is 11.3 Å². The largest absolute Gasteiger partial charge is 0.143 e. The number of hydrogen-bond donors (Lipinski definition) is 0. The molecule has 0 saturated carbocycles. The lowest BCUT2D eigenvalue weighted by atomic mass is 10.1. The maximum Gasteiger partial charge on any atom is 0.0349 e. The topological polar surface area (TPSA) is 0 Å². The SMILES string of the molecule is Cc1ccc(-c2csc(-c3ccc(C)cc3)c2)cc1. The van der Waals surface area contributed by atoms with E-state index in [2.05, 4.69) is 73.8 Å². The summed E-state index contributed by atoms with van der Waals surface area (Å²) >= 11 is 1.81. The highest BCUT2D eigenvalue weighted by molar-refractivity contribution is 7.14. The van der Waals surface area contributed by atoms with Crippen LogP contribution >= 0.6 is 11.3 Å². The van der Waals surface area contributed by atoms with E-state index in [1.165, 1.54) is 32.7 Å². The normalized spacial score (nSPS) is 10.6. The molecule has 0 atom stereocenters. The smallest absolute Gasteiger partial charge is 0.0349 e. The predicted octanol–water partition coefficient (Wildman–Crippen LogP) is 5.70. The molecule has 0 spiro atoms. The molecule has 1 heteroatoms. The molecule has 3 aromatic rings. The molecule has 0 N–H and O–H groups in total. The summed E-state index contributed by atoms with van der Waals surface area (Å²) < 4.78 is 0. The van der Waals surface area contributed by atoms with Crippen LogP contribution in [0.4, 0.5) is 0 Å². The van der Waals surface area contributed by atoms with Gasteiger partial charge in [-0.15, -0.1) is 11.3 Å². The van der Waals surface area contributed by atoms with Crippen molar-refractivity contribution in [3.63, 3.8) is 0 Å². The third-order valence-corrected chi connectivity index (χ3v) is 4.30. The Labute approximate surface area is 118 Å². The molecule has 0 saturated heterocycles. The third kappa shape index (κ3) is 2.61. The Hall–Kier alpha value is -1.86. The average Bonchev–Trinajstić information content (AvgIpc) is 2.90. The van der Waals surface area contributed by atoms with Gasteiger partial charge in [0.2, 0.25) is 0 Å². The van der Waals surface area contributed by atoms with Crippen LogP contribution in [0.3, 0.4) is 0 Å². The summed E-state index contributed by atoms with van der Waals surface area (Å²) in [4.78, 5) is 1.33. The Morgan fingerprint density at radius 1 is 0.632 bits per heavy atom. The van der Waals surface area contributed by atoms with E-state index in [9.17, 15) is 0 Å². The lowest BCUT2D eigenvalue weighted by Crippen LogP contribution is -1.75. The summed E-state index contributed by atoms with van der Waals surface area (Å²) in [5, 5.41) is 2.24. The van der Waals surface area contributed by atoms with Gasteiger partial charge in [-0.25, -0.2) is 0 Å². The van der Waals surface area contributed by atoms with E-state index in [0.717, 1.165) is 0 Å². The van der Waals surface area contributed by atoms with Gasteiger partial charge in [-0.2, -0.15) is 0 Å². The number of rotatable bonds is 2. The minimum atomic E-state index is 1.29. The predicted molar refractivity (Wildman–Crippen MR) is 84.7 cm³/mol. The molecule has 3 rings (SSSR count). The van der Waals surface area contributed by atoms with Gasteiger partial charge in [0.1, 0.15) is 0 Å². The fourth-order valence-electron chi connectivity index (χ4n) is 2.10. The summed E-state index contributed by atoms with van der Waals surface area (Å²) in [6, 6.07) is 19.7. The second-order valence-electron chi connectivity index (χ2n) is 4.93. The van der Waals surface area contributed by atoms with Gasteiger partial charge >= 0.3 is 0 Å². The molecule has 0 bridgehead atoms. The standard InChI is InChI=1S/C18H16S/c1-13-3-7-15(8-4-13)17-11-18(19-12-17)16-9-5-14(2)6-10-16/h3-12H,1-2H3. The summed E-state index contributed by atoms with van der Waals surface area (Å²) in [5.41, 5.74) is 6.51. The van der Waals surface area contributed by atoms with Gasteiger partial charge in [-0.3, -0.25) is 0 Å². The van der Waals surface area contributed by atoms with E-state index in [1.54, 1.807) is 0 Å². The fraction of sp³-hybridized carbons (Fsp3) is 0.111. The molecule has 1 aromatic heterocycles. The molecule has 0 aliphatic rings. The van der Waals surface area contributed by atoms with Crippen LogP contribution in [0.2, 0.25) is 0 Å². The van der Waals surface area contributed by atoms with Crippen LogP contribution in [0.15, 0.2) is 60.0 Å². The molecule has 0 amide bonds. The first-order valence-corrected chi connectivity index (χ1v) is 7.33. The van der Waals surface area contributed by atoms with E-state index in [0.29, 0.717) is 0 Å². The zero-order valence-corrected chi connectivity index (χ0v) is 12.0. The molecule has 0 radical (unpaired) electrons. The monoisotopic (exact) mass is 264 g/mol. The van der Waals surface area contributed by atoms with Crippen molar-refractivity contribution in [3.8, 4) is 21.6 Å². The summed E-state index contributed by atoms with van der Waals surface area (Å²) in [6.07, 6.45) is 0. The molecule has 0 aliphatic heterocycles. The zero-order valence-electron chi connectivity index (χ0n) is 11.2. The summed E-state index contributed by atoms with van der Waals surface area (Å²) in [6.45, 7) is 4.24. The minimum Gasteiger partial charge on any atom is -0.143 e. The minimum absolute atomic E-state index is 1.29. The second kappa shape index (κ2) is 5.02. The summed E-state index contributed by atoms with van der Waals surface area (Å²) in [7, 11) is 0. The van der Waals surface area contributed by atoms with Crippen LogP contribution < -0.4 is 0 Å². The molecule has 0 aliphatic carbocycles. The Morgan fingerprint density at radius 2 is 1.16 bits per heavy atom.